The van der Waals surface area contributed by atoms with Crippen LogP contribution in [0.4, 0.5) is 0 Å². The van der Waals surface area contributed by atoms with Crippen LogP contribution in [0.25, 0.3) is 0 Å². The third-order valence-corrected chi connectivity index (χ3v) is 2.83. The zero-order chi connectivity index (χ0) is 12.4. The van der Waals surface area contributed by atoms with Crippen LogP contribution in [0.3, 0.4) is 0 Å². The molecule has 0 saturated carbocycles. The van der Waals surface area contributed by atoms with Crippen molar-refractivity contribution in [3.8, 4) is 0 Å². The molecule has 5 heteroatoms. The highest BCUT2D eigenvalue weighted by Gasteiger charge is 2.29. The third kappa shape index (κ3) is 2.68. The zero-order valence-corrected chi connectivity index (χ0v) is 10.2. The van der Waals surface area contributed by atoms with Gasteiger partial charge < -0.3 is 19.8 Å². The Labute approximate surface area is 101 Å². The molecule has 1 fully saturated rings. The van der Waals surface area contributed by atoms with Gasteiger partial charge in [-0.25, -0.2) is 0 Å². The number of aryl methyl sites for hydroxylation is 1. The molecule has 1 saturated heterocycles. The second-order valence-electron chi connectivity index (χ2n) is 4.42. The number of morpholine rings is 1. The van der Waals surface area contributed by atoms with Gasteiger partial charge in [-0.15, -0.1) is 0 Å². The van der Waals surface area contributed by atoms with Crippen molar-refractivity contribution in [1.82, 2.24) is 4.90 Å². The summed E-state index contributed by atoms with van der Waals surface area (Å²) in [5.74, 6) is 1.03. The number of hydrogen-bond acceptors (Lipinski definition) is 4. The maximum atomic E-state index is 12.2. The summed E-state index contributed by atoms with van der Waals surface area (Å²) in [6.45, 7) is 5.29. The number of nitrogens with zero attached hydrogens (tertiary/aromatic N) is 1. The first kappa shape index (κ1) is 12.1. The number of ether oxygens (including phenoxy) is 1. The molecule has 1 aromatic heterocycles. The van der Waals surface area contributed by atoms with Gasteiger partial charge in [-0.1, -0.05) is 0 Å². The van der Waals surface area contributed by atoms with E-state index in [0.717, 1.165) is 5.76 Å². The number of carbonyl (C=O) groups excluding carboxylic acids is 1. The topological polar surface area (TPSA) is 68.7 Å². The molecule has 2 rings (SSSR count). The fraction of sp³-hybridized carbons (Fsp3) is 0.583. The van der Waals surface area contributed by atoms with Crippen molar-refractivity contribution in [2.75, 3.05) is 19.6 Å². The lowest BCUT2D eigenvalue weighted by Gasteiger charge is -2.35. The minimum absolute atomic E-state index is 0.0114. The van der Waals surface area contributed by atoms with E-state index in [1.807, 2.05) is 13.8 Å². The Bertz CT molecular complexity index is 402. The van der Waals surface area contributed by atoms with Gasteiger partial charge in [-0.3, -0.25) is 4.79 Å². The van der Waals surface area contributed by atoms with Gasteiger partial charge in [-0.2, -0.15) is 0 Å². The lowest BCUT2D eigenvalue weighted by atomic mass is 10.2. The van der Waals surface area contributed by atoms with Crippen LogP contribution in [0.2, 0.25) is 0 Å². The average Bonchev–Trinajstić information content (AvgIpc) is 2.74. The molecule has 0 aromatic carbocycles. The fourth-order valence-corrected chi connectivity index (χ4v) is 2.05. The Morgan fingerprint density at radius 2 is 2.29 bits per heavy atom. The highest BCUT2D eigenvalue weighted by atomic mass is 16.5. The molecule has 5 nitrogen and oxygen atoms in total. The molecule has 2 heterocycles. The van der Waals surface area contributed by atoms with Crippen LogP contribution in [-0.2, 0) is 4.74 Å². The van der Waals surface area contributed by atoms with Crippen molar-refractivity contribution in [1.29, 1.82) is 0 Å². The molecule has 2 unspecified atom stereocenters. The molecule has 1 aliphatic heterocycles. The Morgan fingerprint density at radius 3 is 2.88 bits per heavy atom. The smallest absolute Gasteiger partial charge is 0.289 e. The van der Waals surface area contributed by atoms with Crippen LogP contribution in [0.1, 0.15) is 23.2 Å². The zero-order valence-electron chi connectivity index (χ0n) is 10.2. The molecule has 17 heavy (non-hydrogen) atoms. The van der Waals surface area contributed by atoms with E-state index in [9.17, 15) is 4.79 Å². The van der Waals surface area contributed by atoms with Crippen molar-refractivity contribution in [3.63, 3.8) is 0 Å². The quantitative estimate of drug-likeness (QED) is 0.826. The molecular formula is C12H18N2O3. The minimum atomic E-state index is -0.0910. The molecule has 1 aromatic rings. The molecule has 0 bridgehead atoms. The molecule has 0 radical (unpaired) electrons. The number of carbonyl (C=O) groups is 1. The van der Waals surface area contributed by atoms with Crippen LogP contribution in [0, 0.1) is 6.92 Å². The van der Waals surface area contributed by atoms with Gasteiger partial charge in [0.2, 0.25) is 0 Å². The van der Waals surface area contributed by atoms with Crippen molar-refractivity contribution in [2.45, 2.75) is 26.1 Å². The van der Waals surface area contributed by atoms with Crippen molar-refractivity contribution in [2.24, 2.45) is 5.73 Å². The summed E-state index contributed by atoms with van der Waals surface area (Å²) >= 11 is 0. The first-order chi connectivity index (χ1) is 8.10. The van der Waals surface area contributed by atoms with Crippen LogP contribution in [0.15, 0.2) is 16.5 Å². The number of furan rings is 1. The van der Waals surface area contributed by atoms with E-state index < -0.39 is 0 Å². The summed E-state index contributed by atoms with van der Waals surface area (Å²) in [6.07, 6.45) is -0.0731. The Morgan fingerprint density at radius 1 is 1.53 bits per heavy atom. The molecule has 1 aliphatic rings. The number of hydrogen-bond donors (Lipinski definition) is 1. The highest BCUT2D eigenvalue weighted by molar-refractivity contribution is 5.91. The lowest BCUT2D eigenvalue weighted by Crippen LogP contribution is -2.51. The Hall–Kier alpha value is -1.33. The summed E-state index contributed by atoms with van der Waals surface area (Å²) in [4.78, 5) is 13.9. The standard InChI is InChI=1S/C12H18N2O3/c1-8-3-4-11(17-8)12(15)14-6-9(2)16-10(5-13)7-14/h3-4,9-10H,5-7,13H2,1-2H3. The predicted molar refractivity (Wildman–Crippen MR) is 62.7 cm³/mol. The van der Waals surface area contributed by atoms with Gasteiger partial charge in [0.05, 0.1) is 12.2 Å². The number of rotatable bonds is 2. The summed E-state index contributed by atoms with van der Waals surface area (Å²) in [6, 6.07) is 3.49. The average molecular weight is 238 g/mol. The van der Waals surface area contributed by atoms with E-state index in [2.05, 4.69) is 0 Å². The highest BCUT2D eigenvalue weighted by Crippen LogP contribution is 2.15. The summed E-state index contributed by atoms with van der Waals surface area (Å²) in [5, 5.41) is 0. The Kier molecular flexibility index (Phi) is 3.49. The molecule has 1 amide bonds. The van der Waals surface area contributed by atoms with Gasteiger partial charge >= 0.3 is 0 Å². The lowest BCUT2D eigenvalue weighted by molar-refractivity contribution is -0.0631. The normalized spacial score (nSPS) is 25.0. The second-order valence-corrected chi connectivity index (χ2v) is 4.42. The van der Waals surface area contributed by atoms with Gasteiger partial charge in [0.15, 0.2) is 5.76 Å². The summed E-state index contributed by atoms with van der Waals surface area (Å²) in [7, 11) is 0. The predicted octanol–water partition coefficient (Wildman–Crippen LogP) is 0.776. The van der Waals surface area contributed by atoms with Crippen molar-refractivity contribution in [3.05, 3.63) is 23.7 Å². The maximum absolute atomic E-state index is 12.2. The molecule has 2 atom stereocenters. The van der Waals surface area contributed by atoms with Crippen LogP contribution in [-0.4, -0.2) is 42.6 Å². The van der Waals surface area contributed by atoms with Crippen molar-refractivity contribution >= 4 is 5.91 Å². The van der Waals surface area contributed by atoms with Gasteiger partial charge in [0, 0.05) is 19.6 Å². The first-order valence-electron chi connectivity index (χ1n) is 5.81. The summed E-state index contributed by atoms with van der Waals surface area (Å²) < 4.78 is 10.9. The van der Waals surface area contributed by atoms with Crippen LogP contribution < -0.4 is 5.73 Å². The Balaban J connectivity index is 2.08. The molecular weight excluding hydrogens is 220 g/mol. The van der Waals surface area contributed by atoms with Gasteiger partial charge in [-0.05, 0) is 26.0 Å². The monoisotopic (exact) mass is 238 g/mol. The fourth-order valence-electron chi connectivity index (χ4n) is 2.05. The van der Waals surface area contributed by atoms with E-state index in [0.29, 0.717) is 25.4 Å². The van der Waals surface area contributed by atoms with Crippen molar-refractivity contribution < 1.29 is 13.9 Å². The van der Waals surface area contributed by atoms with E-state index in [-0.39, 0.29) is 18.1 Å². The largest absolute Gasteiger partial charge is 0.456 e. The van der Waals surface area contributed by atoms with E-state index in [4.69, 9.17) is 14.9 Å². The molecule has 94 valence electrons. The molecule has 0 aliphatic carbocycles. The van der Waals surface area contributed by atoms with Crippen LogP contribution >= 0.6 is 0 Å². The maximum Gasteiger partial charge on any atom is 0.289 e. The van der Waals surface area contributed by atoms with Gasteiger partial charge in [0.1, 0.15) is 5.76 Å². The summed E-state index contributed by atoms with van der Waals surface area (Å²) in [5.41, 5.74) is 5.58. The first-order valence-corrected chi connectivity index (χ1v) is 5.81. The van der Waals surface area contributed by atoms with Crippen LogP contribution in [0.5, 0.6) is 0 Å². The third-order valence-electron chi connectivity index (χ3n) is 2.83. The van der Waals surface area contributed by atoms with E-state index in [1.54, 1.807) is 17.0 Å². The second kappa shape index (κ2) is 4.89. The van der Waals surface area contributed by atoms with E-state index >= 15 is 0 Å². The number of amides is 1. The van der Waals surface area contributed by atoms with Gasteiger partial charge in [0.25, 0.3) is 5.91 Å². The number of nitrogens with two attached hydrogens (primary N) is 1. The minimum Gasteiger partial charge on any atom is -0.456 e. The SMILES string of the molecule is Cc1ccc(C(=O)N2CC(C)OC(CN)C2)o1. The molecule has 0 spiro atoms. The van der Waals surface area contributed by atoms with E-state index in [1.165, 1.54) is 0 Å². The molecule has 2 N–H and O–H groups in total.